The normalized spacial score (nSPS) is 16.6. The molecule has 224 valence electrons. The van der Waals surface area contributed by atoms with Gasteiger partial charge in [0.05, 0.1) is 22.0 Å². The van der Waals surface area contributed by atoms with Crippen molar-refractivity contribution in [2.24, 2.45) is 0 Å². The van der Waals surface area contributed by atoms with E-state index in [2.05, 4.69) is 15.5 Å². The molecule has 0 atom stereocenters. The summed E-state index contributed by atoms with van der Waals surface area (Å²) < 4.78 is 10.8. The second-order valence-corrected chi connectivity index (χ2v) is 11.4. The van der Waals surface area contributed by atoms with Gasteiger partial charge in [0.2, 0.25) is 6.79 Å². The zero-order valence-electron chi connectivity index (χ0n) is 23.4. The number of hydrogen-bond acceptors (Lipinski definition) is 7. The number of benzene rings is 3. The van der Waals surface area contributed by atoms with Gasteiger partial charge in [-0.2, -0.15) is 0 Å². The third-order valence-corrected chi connectivity index (χ3v) is 8.37. The molecule has 12 heteroatoms. The predicted octanol–water partition coefficient (Wildman–Crippen LogP) is 4.37. The van der Waals surface area contributed by atoms with Gasteiger partial charge in [-0.25, -0.2) is 0 Å². The molecule has 3 amide bonds. The third kappa shape index (κ3) is 6.36. The van der Waals surface area contributed by atoms with Crippen molar-refractivity contribution in [2.45, 2.75) is 6.42 Å². The van der Waals surface area contributed by atoms with E-state index in [4.69, 9.17) is 32.7 Å². The number of ether oxygens (including phenoxy) is 2. The largest absolute Gasteiger partial charge is 0.454 e. The first-order valence-electron chi connectivity index (χ1n) is 14.2. The Morgan fingerprint density at radius 2 is 1.51 bits per heavy atom. The quantitative estimate of drug-likeness (QED) is 0.435. The molecule has 0 spiro atoms. The van der Waals surface area contributed by atoms with Crippen molar-refractivity contribution in [3.63, 3.8) is 0 Å². The van der Waals surface area contributed by atoms with Crippen molar-refractivity contribution >= 4 is 52.3 Å². The minimum Gasteiger partial charge on any atom is -0.454 e. The molecule has 0 saturated carbocycles. The van der Waals surface area contributed by atoms with Gasteiger partial charge in [-0.3, -0.25) is 14.4 Å². The molecule has 0 radical (unpaired) electrons. The summed E-state index contributed by atoms with van der Waals surface area (Å²) in [7, 11) is 0. The van der Waals surface area contributed by atoms with Gasteiger partial charge in [0.25, 0.3) is 17.7 Å². The minimum atomic E-state index is -0.339. The van der Waals surface area contributed by atoms with Crippen LogP contribution < -0.4 is 25.0 Å². The van der Waals surface area contributed by atoms with Crippen molar-refractivity contribution in [1.82, 2.24) is 15.1 Å². The highest BCUT2D eigenvalue weighted by atomic mass is 35.5. The zero-order chi connectivity index (χ0) is 29.9. The predicted molar refractivity (Wildman–Crippen MR) is 165 cm³/mol. The Bertz CT molecular complexity index is 1550. The van der Waals surface area contributed by atoms with E-state index in [0.29, 0.717) is 83.2 Å². The molecule has 10 nitrogen and oxygen atoms in total. The molecular weight excluding hydrogens is 593 g/mol. The van der Waals surface area contributed by atoms with Gasteiger partial charge in [-0.15, -0.1) is 0 Å². The zero-order valence-corrected chi connectivity index (χ0v) is 24.9. The monoisotopic (exact) mass is 623 g/mol. The summed E-state index contributed by atoms with van der Waals surface area (Å²) in [5.41, 5.74) is 2.59. The molecule has 3 aliphatic heterocycles. The van der Waals surface area contributed by atoms with Crippen LogP contribution >= 0.6 is 23.2 Å². The van der Waals surface area contributed by atoms with Gasteiger partial charge in [0.1, 0.15) is 0 Å². The maximum atomic E-state index is 13.5. The van der Waals surface area contributed by atoms with Gasteiger partial charge in [-0.05, 0) is 67.6 Å². The summed E-state index contributed by atoms with van der Waals surface area (Å²) in [4.78, 5) is 45.8. The molecule has 0 aromatic heterocycles. The Kier molecular flexibility index (Phi) is 8.60. The molecule has 2 saturated heterocycles. The molecule has 3 aromatic rings. The first kappa shape index (κ1) is 29.1. The lowest BCUT2D eigenvalue weighted by atomic mass is 10.1. The summed E-state index contributed by atoms with van der Waals surface area (Å²) in [6, 6.07) is 15.3. The van der Waals surface area contributed by atoms with E-state index in [0.717, 1.165) is 25.2 Å². The molecule has 2 fully saturated rings. The lowest BCUT2D eigenvalue weighted by Gasteiger charge is -2.37. The number of nitrogens with zero attached hydrogens (tertiary/aromatic N) is 3. The maximum Gasteiger partial charge on any atom is 0.255 e. The SMILES string of the molecule is O=C(Nc1cc(C(=O)N2CCCNCC2)ccc1N1CCN(C(=O)c2ccc(Cl)cc2Cl)CC1)c1ccc2c(c1)OCO2. The number of nitrogens with one attached hydrogen (secondary N) is 2. The van der Waals surface area contributed by atoms with E-state index in [9.17, 15) is 14.4 Å². The van der Waals surface area contributed by atoms with Crippen LogP contribution in [0.1, 0.15) is 37.5 Å². The van der Waals surface area contributed by atoms with Crippen LogP contribution in [-0.2, 0) is 0 Å². The van der Waals surface area contributed by atoms with Crippen LogP contribution in [0.2, 0.25) is 10.0 Å². The number of fused-ring (bicyclic) bond motifs is 1. The van der Waals surface area contributed by atoms with Crippen LogP contribution in [0.3, 0.4) is 0 Å². The van der Waals surface area contributed by atoms with Crippen LogP contribution in [0.4, 0.5) is 11.4 Å². The number of piperazine rings is 1. The van der Waals surface area contributed by atoms with E-state index in [1.807, 2.05) is 11.0 Å². The molecule has 0 unspecified atom stereocenters. The number of rotatable bonds is 5. The molecule has 3 aliphatic rings. The first-order chi connectivity index (χ1) is 20.9. The number of amides is 3. The molecule has 0 aliphatic carbocycles. The fourth-order valence-electron chi connectivity index (χ4n) is 5.49. The third-order valence-electron chi connectivity index (χ3n) is 7.82. The summed E-state index contributed by atoms with van der Waals surface area (Å²) in [6.07, 6.45) is 0.877. The van der Waals surface area contributed by atoms with Crippen molar-refractivity contribution in [2.75, 3.05) is 69.4 Å². The van der Waals surface area contributed by atoms with Crippen molar-refractivity contribution in [3.8, 4) is 11.5 Å². The maximum absolute atomic E-state index is 13.5. The van der Waals surface area contributed by atoms with E-state index in [1.54, 1.807) is 53.4 Å². The Labute approximate surface area is 259 Å². The molecule has 3 aromatic carbocycles. The highest BCUT2D eigenvalue weighted by molar-refractivity contribution is 6.36. The number of hydrogen-bond donors (Lipinski definition) is 2. The molecule has 0 bridgehead atoms. The Morgan fingerprint density at radius 1 is 0.744 bits per heavy atom. The lowest BCUT2D eigenvalue weighted by molar-refractivity contribution is 0.0744. The van der Waals surface area contributed by atoms with E-state index >= 15 is 0 Å². The van der Waals surface area contributed by atoms with Gasteiger partial charge in [0, 0.05) is 62.0 Å². The van der Waals surface area contributed by atoms with Gasteiger partial charge < -0.3 is 34.8 Å². The van der Waals surface area contributed by atoms with Crippen molar-refractivity contribution in [1.29, 1.82) is 0 Å². The molecular formula is C31H31Cl2N5O5. The Hall–Kier alpha value is -3.99. The van der Waals surface area contributed by atoms with Crippen LogP contribution in [-0.4, -0.2) is 86.7 Å². The number of halogens is 2. The lowest BCUT2D eigenvalue weighted by Crippen LogP contribution is -2.49. The van der Waals surface area contributed by atoms with Crippen molar-refractivity contribution in [3.05, 3.63) is 81.3 Å². The van der Waals surface area contributed by atoms with E-state index in [1.165, 1.54) is 0 Å². The van der Waals surface area contributed by atoms with Crippen LogP contribution in [0, 0.1) is 0 Å². The Balaban J connectivity index is 1.23. The summed E-state index contributed by atoms with van der Waals surface area (Å²) in [5.74, 6) is 0.515. The van der Waals surface area contributed by atoms with Crippen molar-refractivity contribution < 1.29 is 23.9 Å². The summed E-state index contributed by atoms with van der Waals surface area (Å²) >= 11 is 12.3. The van der Waals surface area contributed by atoms with Gasteiger partial charge in [-0.1, -0.05) is 23.2 Å². The summed E-state index contributed by atoms with van der Waals surface area (Å²) in [6.45, 7) is 4.96. The highest BCUT2D eigenvalue weighted by Gasteiger charge is 2.27. The smallest absolute Gasteiger partial charge is 0.255 e. The molecule has 2 N–H and O–H groups in total. The van der Waals surface area contributed by atoms with Crippen LogP contribution in [0.25, 0.3) is 0 Å². The standard InChI is InChI=1S/C31H31Cl2N5O5/c32-22-4-5-23(24(33)18-22)31(41)38-14-12-36(13-15-38)26-6-2-21(30(40)37-10-1-8-34-9-11-37)16-25(26)35-29(39)20-3-7-27-28(17-20)43-19-42-27/h2-7,16-18,34H,1,8-15,19H2,(H,35,39). The average Bonchev–Trinajstić information content (AvgIpc) is 3.32. The van der Waals surface area contributed by atoms with Crippen LogP contribution in [0.5, 0.6) is 11.5 Å². The highest BCUT2D eigenvalue weighted by Crippen LogP contribution is 2.34. The molecule has 3 heterocycles. The summed E-state index contributed by atoms with van der Waals surface area (Å²) in [5, 5.41) is 7.13. The fraction of sp³-hybridized carbons (Fsp3) is 0.323. The number of carbonyl (C=O) groups excluding carboxylic acids is 3. The average molecular weight is 625 g/mol. The second-order valence-electron chi connectivity index (χ2n) is 10.6. The van der Waals surface area contributed by atoms with Gasteiger partial charge in [0.15, 0.2) is 11.5 Å². The number of carbonyl (C=O) groups is 3. The minimum absolute atomic E-state index is 0.0795. The van der Waals surface area contributed by atoms with E-state index < -0.39 is 0 Å². The first-order valence-corrected chi connectivity index (χ1v) is 15.0. The second kappa shape index (κ2) is 12.7. The van der Waals surface area contributed by atoms with E-state index in [-0.39, 0.29) is 24.5 Å². The topological polar surface area (TPSA) is 103 Å². The van der Waals surface area contributed by atoms with Gasteiger partial charge >= 0.3 is 0 Å². The van der Waals surface area contributed by atoms with Crippen LogP contribution in [0.15, 0.2) is 54.6 Å². The Morgan fingerprint density at radius 3 is 2.33 bits per heavy atom. The molecule has 43 heavy (non-hydrogen) atoms. The number of anilines is 2. The fourth-order valence-corrected chi connectivity index (χ4v) is 5.98. The molecule has 6 rings (SSSR count).